The molecule has 0 heterocycles. The molecule has 0 nitrogen and oxygen atoms in total. The molecule has 0 atom stereocenters. The molecule has 3 rings (SSSR count). The molecule has 0 saturated carbocycles. The van der Waals surface area contributed by atoms with Gasteiger partial charge in [0.1, 0.15) is 5.82 Å². The summed E-state index contributed by atoms with van der Waals surface area (Å²) in [6.45, 7) is -3.35. The van der Waals surface area contributed by atoms with Gasteiger partial charge < -0.3 is 0 Å². The summed E-state index contributed by atoms with van der Waals surface area (Å²) in [7, 11) is 0. The third-order valence-electron chi connectivity index (χ3n) is 4.87. The summed E-state index contributed by atoms with van der Waals surface area (Å²) in [5.74, 6) is -39.2. The number of rotatable bonds is 3. The Labute approximate surface area is 179 Å². The Balaban J connectivity index is 2.68. The van der Waals surface area contributed by atoms with Crippen molar-refractivity contribution in [3.05, 3.63) is 87.0 Å². The Hall–Kier alpha value is -3.26. The standard InChI is InChI=1S/C19H3BF14/c1-2-6(21)3(8(23)13(28)7(2)22)20(4-9(24)14(29)18(33)15(30)10(4)25)5-11(26)16(31)19(34)17(32)12(5)27/h1H3. The van der Waals surface area contributed by atoms with Crippen molar-refractivity contribution in [2.75, 3.05) is 0 Å². The quantitative estimate of drug-likeness (QED) is 0.212. The van der Waals surface area contributed by atoms with Crippen LogP contribution in [0.4, 0.5) is 61.5 Å². The molecule has 0 aliphatic carbocycles. The fourth-order valence-corrected chi connectivity index (χ4v) is 3.21. The molecule has 0 aromatic heterocycles. The van der Waals surface area contributed by atoms with Gasteiger partial charge in [0.05, 0.1) is 0 Å². The third-order valence-corrected chi connectivity index (χ3v) is 4.87. The van der Waals surface area contributed by atoms with Crippen molar-refractivity contribution in [2.24, 2.45) is 0 Å². The third kappa shape index (κ3) is 3.39. The molecule has 34 heavy (non-hydrogen) atoms. The second-order valence-electron chi connectivity index (χ2n) is 6.69. The van der Waals surface area contributed by atoms with E-state index in [-0.39, 0.29) is 0 Å². The molecule has 15 heteroatoms. The van der Waals surface area contributed by atoms with Crippen molar-refractivity contribution in [2.45, 2.75) is 6.92 Å². The molecule has 0 bridgehead atoms. The van der Waals surface area contributed by atoms with Gasteiger partial charge in [-0.2, -0.15) is 0 Å². The lowest BCUT2D eigenvalue weighted by atomic mass is 9.35. The van der Waals surface area contributed by atoms with Crippen molar-refractivity contribution >= 4 is 23.1 Å². The fraction of sp³-hybridized carbons (Fsp3) is 0.0526. The average Bonchev–Trinajstić information content (AvgIpc) is 2.81. The van der Waals surface area contributed by atoms with Crippen molar-refractivity contribution in [1.82, 2.24) is 0 Å². The monoisotopic (exact) mass is 508 g/mol. The van der Waals surface area contributed by atoms with Crippen LogP contribution in [0.1, 0.15) is 5.56 Å². The van der Waals surface area contributed by atoms with Crippen LogP contribution in [0.2, 0.25) is 0 Å². The van der Waals surface area contributed by atoms with Crippen LogP contribution < -0.4 is 16.4 Å². The Morgan fingerprint density at radius 1 is 0.294 bits per heavy atom. The summed E-state index contributed by atoms with van der Waals surface area (Å²) < 4.78 is 197. The summed E-state index contributed by atoms with van der Waals surface area (Å²) in [5, 5.41) is 0. The molecule has 0 saturated heterocycles. The summed E-state index contributed by atoms with van der Waals surface area (Å²) in [4.78, 5) is 0. The molecule has 0 aliphatic rings. The maximum absolute atomic E-state index is 14.8. The first-order chi connectivity index (χ1) is 15.7. The van der Waals surface area contributed by atoms with Crippen molar-refractivity contribution in [3.63, 3.8) is 0 Å². The SMILES string of the molecule is Cc1c(F)c(F)c(F)c(B(c2c(F)c(F)c(F)c(F)c2F)c2c(F)c(F)c(F)c(F)c2F)c1F. The molecule has 3 aromatic carbocycles. The van der Waals surface area contributed by atoms with Crippen LogP contribution in [0.15, 0.2) is 0 Å². The van der Waals surface area contributed by atoms with Gasteiger partial charge >= 0.3 is 0 Å². The first kappa shape index (κ1) is 25.4. The molecule has 0 spiro atoms. The van der Waals surface area contributed by atoms with Crippen molar-refractivity contribution < 1.29 is 61.5 Å². The first-order valence-electron chi connectivity index (χ1n) is 8.51. The summed E-state index contributed by atoms with van der Waals surface area (Å²) in [6.07, 6.45) is 0. The molecule has 0 unspecified atom stereocenters. The zero-order valence-electron chi connectivity index (χ0n) is 15.9. The second kappa shape index (κ2) is 8.51. The Kier molecular flexibility index (Phi) is 6.35. The fourth-order valence-electron chi connectivity index (χ4n) is 3.21. The zero-order chi connectivity index (χ0) is 26.0. The van der Waals surface area contributed by atoms with Gasteiger partial charge in [-0.3, -0.25) is 0 Å². The Bertz CT molecular complexity index is 1110. The van der Waals surface area contributed by atoms with E-state index < -0.39 is 110 Å². The number of benzene rings is 3. The van der Waals surface area contributed by atoms with Gasteiger partial charge in [0.25, 0.3) is 6.71 Å². The predicted octanol–water partition coefficient (Wildman–Crippen LogP) is 4.46. The largest absolute Gasteiger partial charge is 0.264 e. The normalized spacial score (nSPS) is 11.4. The van der Waals surface area contributed by atoms with E-state index in [1.165, 1.54) is 0 Å². The second-order valence-corrected chi connectivity index (χ2v) is 6.69. The summed E-state index contributed by atoms with van der Waals surface area (Å²) >= 11 is 0. The lowest BCUT2D eigenvalue weighted by Gasteiger charge is -2.22. The van der Waals surface area contributed by atoms with Gasteiger partial charge in [-0.25, -0.2) is 61.5 Å². The number of hydrogen-bond donors (Lipinski definition) is 0. The van der Waals surface area contributed by atoms with E-state index >= 15 is 0 Å². The molecular formula is C19H3BF14. The van der Waals surface area contributed by atoms with Gasteiger partial charge in [-0.15, -0.1) is 0 Å². The minimum Gasteiger partial charge on any atom is -0.207 e. The van der Waals surface area contributed by atoms with Crippen molar-refractivity contribution in [3.8, 4) is 0 Å². The van der Waals surface area contributed by atoms with Gasteiger partial charge in [0.2, 0.25) is 0 Å². The van der Waals surface area contributed by atoms with Crippen LogP contribution in [-0.4, -0.2) is 6.71 Å². The molecular weight excluding hydrogens is 505 g/mol. The molecule has 0 radical (unpaired) electrons. The Morgan fingerprint density at radius 2 is 0.500 bits per heavy atom. The smallest absolute Gasteiger partial charge is 0.207 e. The average molecular weight is 508 g/mol. The van der Waals surface area contributed by atoms with Gasteiger partial charge in [0.15, 0.2) is 75.6 Å². The van der Waals surface area contributed by atoms with E-state index in [0.717, 1.165) is 0 Å². The van der Waals surface area contributed by atoms with E-state index in [1.807, 2.05) is 0 Å². The highest BCUT2D eigenvalue weighted by Gasteiger charge is 2.44. The zero-order valence-corrected chi connectivity index (χ0v) is 15.9. The molecule has 0 N–H and O–H groups in total. The molecule has 0 aliphatic heterocycles. The van der Waals surface area contributed by atoms with Crippen LogP contribution >= 0.6 is 0 Å². The Morgan fingerprint density at radius 3 is 0.794 bits per heavy atom. The van der Waals surface area contributed by atoms with Crippen LogP contribution in [0, 0.1) is 88.4 Å². The van der Waals surface area contributed by atoms with E-state index in [2.05, 4.69) is 0 Å². The molecule has 3 aromatic rings. The topological polar surface area (TPSA) is 0 Å². The van der Waals surface area contributed by atoms with Gasteiger partial charge in [-0.1, -0.05) is 0 Å². The maximum Gasteiger partial charge on any atom is 0.264 e. The highest BCUT2D eigenvalue weighted by molar-refractivity contribution is 6.95. The van der Waals surface area contributed by atoms with Gasteiger partial charge in [-0.05, 0) is 6.92 Å². The number of hydrogen-bond acceptors (Lipinski definition) is 0. The highest BCUT2D eigenvalue weighted by atomic mass is 19.2. The minimum atomic E-state index is -3.72. The van der Waals surface area contributed by atoms with E-state index in [9.17, 15) is 61.5 Å². The first-order valence-corrected chi connectivity index (χ1v) is 8.51. The number of halogens is 14. The maximum atomic E-state index is 14.8. The van der Waals surface area contributed by atoms with E-state index in [0.29, 0.717) is 6.92 Å². The lowest BCUT2D eigenvalue weighted by Crippen LogP contribution is -2.60. The van der Waals surface area contributed by atoms with Crippen LogP contribution in [0.3, 0.4) is 0 Å². The molecule has 180 valence electrons. The lowest BCUT2D eigenvalue weighted by molar-refractivity contribution is 0.382. The van der Waals surface area contributed by atoms with Crippen LogP contribution in [0.25, 0.3) is 0 Å². The van der Waals surface area contributed by atoms with Crippen molar-refractivity contribution in [1.29, 1.82) is 0 Å². The summed E-state index contributed by atoms with van der Waals surface area (Å²) in [6, 6.07) is 0. The van der Waals surface area contributed by atoms with Crippen LogP contribution in [-0.2, 0) is 0 Å². The predicted molar refractivity (Wildman–Crippen MR) is 88.1 cm³/mol. The molecule has 0 amide bonds. The minimum absolute atomic E-state index is 0.366. The van der Waals surface area contributed by atoms with E-state index in [1.54, 1.807) is 0 Å². The van der Waals surface area contributed by atoms with Crippen LogP contribution in [0.5, 0.6) is 0 Å². The molecule has 0 fully saturated rings. The van der Waals surface area contributed by atoms with E-state index in [4.69, 9.17) is 0 Å². The van der Waals surface area contributed by atoms with Gasteiger partial charge in [0, 0.05) is 22.0 Å². The summed E-state index contributed by atoms with van der Waals surface area (Å²) in [5.41, 5.74) is -8.85. The highest BCUT2D eigenvalue weighted by Crippen LogP contribution is 2.23.